The first kappa shape index (κ1) is 16.2. The van der Waals surface area contributed by atoms with Gasteiger partial charge in [0.25, 0.3) is 0 Å². The first-order chi connectivity index (χ1) is 11.3. The molecule has 0 saturated carbocycles. The van der Waals surface area contributed by atoms with E-state index < -0.39 is 0 Å². The van der Waals surface area contributed by atoms with E-state index in [1.54, 1.807) is 11.3 Å². The third kappa shape index (κ3) is 4.64. The topological polar surface area (TPSA) is 34.1 Å². The van der Waals surface area contributed by atoms with Crippen molar-refractivity contribution in [2.24, 2.45) is 0 Å². The number of rotatable bonds is 7. The van der Waals surface area contributed by atoms with E-state index in [4.69, 9.17) is 4.74 Å². The summed E-state index contributed by atoms with van der Waals surface area (Å²) in [6.45, 7) is 2.04. The second-order valence-electron chi connectivity index (χ2n) is 4.98. The molecule has 23 heavy (non-hydrogen) atoms. The van der Waals surface area contributed by atoms with Crippen LogP contribution in [-0.2, 0) is 11.3 Å². The molecule has 0 fully saturated rings. The van der Waals surface area contributed by atoms with Crippen LogP contribution in [0.5, 0.6) is 0 Å². The van der Waals surface area contributed by atoms with Gasteiger partial charge in [-0.05, 0) is 11.6 Å². The van der Waals surface area contributed by atoms with Crippen LogP contribution >= 0.6 is 27.3 Å². The van der Waals surface area contributed by atoms with Crippen LogP contribution in [0.2, 0.25) is 0 Å². The summed E-state index contributed by atoms with van der Waals surface area (Å²) >= 11 is 5.17. The van der Waals surface area contributed by atoms with Gasteiger partial charge in [0.2, 0.25) is 0 Å². The number of ether oxygens (including phenoxy) is 1. The van der Waals surface area contributed by atoms with E-state index in [1.165, 1.54) is 5.56 Å². The van der Waals surface area contributed by atoms with Crippen molar-refractivity contribution in [2.45, 2.75) is 6.61 Å². The van der Waals surface area contributed by atoms with Crippen molar-refractivity contribution in [3.63, 3.8) is 0 Å². The van der Waals surface area contributed by atoms with Crippen molar-refractivity contribution in [1.82, 2.24) is 4.98 Å². The van der Waals surface area contributed by atoms with Gasteiger partial charge in [-0.25, -0.2) is 4.98 Å². The largest absolute Gasteiger partial charge is 0.375 e. The molecule has 118 valence electrons. The molecule has 5 heteroatoms. The highest BCUT2D eigenvalue weighted by molar-refractivity contribution is 9.10. The summed E-state index contributed by atoms with van der Waals surface area (Å²) < 4.78 is 6.72. The van der Waals surface area contributed by atoms with Gasteiger partial charge >= 0.3 is 0 Å². The molecule has 0 atom stereocenters. The van der Waals surface area contributed by atoms with E-state index in [9.17, 15) is 0 Å². The fraction of sp³-hybridized carbons (Fsp3) is 0.167. The van der Waals surface area contributed by atoms with E-state index in [0.29, 0.717) is 13.2 Å². The Morgan fingerprint density at radius 2 is 1.83 bits per heavy atom. The van der Waals surface area contributed by atoms with E-state index in [-0.39, 0.29) is 0 Å². The van der Waals surface area contributed by atoms with Gasteiger partial charge in [-0.1, -0.05) is 64.5 Å². The molecule has 0 radical (unpaired) electrons. The second kappa shape index (κ2) is 8.24. The van der Waals surface area contributed by atoms with Gasteiger partial charge in [0.1, 0.15) is 0 Å². The SMILES string of the molecule is Brc1ccccc1-c1csc(NCCOCc2ccccc2)n1. The minimum atomic E-state index is 0.641. The molecular formula is C18H17BrN2OS. The van der Waals surface area contributed by atoms with Crippen LogP contribution in [0.3, 0.4) is 0 Å². The van der Waals surface area contributed by atoms with Gasteiger partial charge in [0, 0.05) is 22.0 Å². The molecule has 2 aromatic carbocycles. The molecular weight excluding hydrogens is 372 g/mol. The highest BCUT2D eigenvalue weighted by Crippen LogP contribution is 2.30. The average Bonchev–Trinajstić information content (AvgIpc) is 3.04. The first-order valence-electron chi connectivity index (χ1n) is 7.39. The Kier molecular flexibility index (Phi) is 5.80. The maximum absolute atomic E-state index is 5.66. The Morgan fingerprint density at radius 3 is 2.65 bits per heavy atom. The lowest BCUT2D eigenvalue weighted by Gasteiger charge is -2.05. The number of hydrogen-bond acceptors (Lipinski definition) is 4. The number of nitrogens with zero attached hydrogens (tertiary/aromatic N) is 1. The summed E-state index contributed by atoms with van der Waals surface area (Å²) in [4.78, 5) is 4.62. The lowest BCUT2D eigenvalue weighted by atomic mass is 10.2. The van der Waals surface area contributed by atoms with Crippen LogP contribution in [0.15, 0.2) is 64.5 Å². The van der Waals surface area contributed by atoms with Gasteiger partial charge in [-0.2, -0.15) is 0 Å². The fourth-order valence-electron chi connectivity index (χ4n) is 2.14. The summed E-state index contributed by atoms with van der Waals surface area (Å²) in [5.41, 5.74) is 3.28. The maximum Gasteiger partial charge on any atom is 0.183 e. The minimum absolute atomic E-state index is 0.641. The summed E-state index contributed by atoms with van der Waals surface area (Å²) in [6, 6.07) is 18.3. The van der Waals surface area contributed by atoms with E-state index >= 15 is 0 Å². The molecule has 0 amide bonds. The van der Waals surface area contributed by atoms with Gasteiger partial charge < -0.3 is 10.1 Å². The Bertz CT molecular complexity index is 746. The second-order valence-corrected chi connectivity index (χ2v) is 6.70. The smallest absolute Gasteiger partial charge is 0.183 e. The van der Waals surface area contributed by atoms with E-state index in [2.05, 4.69) is 49.8 Å². The summed E-state index contributed by atoms with van der Waals surface area (Å²) in [5, 5.41) is 6.29. The zero-order chi connectivity index (χ0) is 15.9. The molecule has 1 aromatic heterocycles. The summed E-state index contributed by atoms with van der Waals surface area (Å²) in [5.74, 6) is 0. The third-order valence-electron chi connectivity index (χ3n) is 3.29. The zero-order valence-corrected chi connectivity index (χ0v) is 14.9. The number of anilines is 1. The Hall–Kier alpha value is -1.69. The molecule has 1 heterocycles. The molecule has 0 aliphatic carbocycles. The monoisotopic (exact) mass is 388 g/mol. The lowest BCUT2D eigenvalue weighted by Crippen LogP contribution is -2.09. The zero-order valence-electron chi connectivity index (χ0n) is 12.5. The summed E-state index contributed by atoms with van der Waals surface area (Å²) in [7, 11) is 0. The molecule has 0 aliphatic heterocycles. The third-order valence-corrected chi connectivity index (χ3v) is 4.78. The van der Waals surface area contributed by atoms with Crippen LogP contribution in [0.25, 0.3) is 11.3 Å². The van der Waals surface area contributed by atoms with Crippen LogP contribution in [0.1, 0.15) is 5.56 Å². The highest BCUT2D eigenvalue weighted by Gasteiger charge is 2.07. The van der Waals surface area contributed by atoms with Crippen molar-refractivity contribution in [2.75, 3.05) is 18.5 Å². The molecule has 1 N–H and O–H groups in total. The van der Waals surface area contributed by atoms with Crippen molar-refractivity contribution in [1.29, 1.82) is 0 Å². The molecule has 0 bridgehead atoms. The van der Waals surface area contributed by atoms with Crippen molar-refractivity contribution in [3.8, 4) is 11.3 Å². The highest BCUT2D eigenvalue weighted by atomic mass is 79.9. The molecule has 0 spiro atoms. The Labute approximate surface area is 148 Å². The van der Waals surface area contributed by atoms with Crippen LogP contribution in [0, 0.1) is 0 Å². The molecule has 3 nitrogen and oxygen atoms in total. The lowest BCUT2D eigenvalue weighted by molar-refractivity contribution is 0.130. The van der Waals surface area contributed by atoms with E-state index in [1.807, 2.05) is 36.4 Å². The first-order valence-corrected chi connectivity index (χ1v) is 9.06. The minimum Gasteiger partial charge on any atom is -0.375 e. The number of thiazole rings is 1. The normalized spacial score (nSPS) is 10.7. The number of aromatic nitrogens is 1. The predicted octanol–water partition coefficient (Wildman–Crippen LogP) is 5.20. The number of benzene rings is 2. The summed E-state index contributed by atoms with van der Waals surface area (Å²) in [6.07, 6.45) is 0. The van der Waals surface area contributed by atoms with Gasteiger partial charge in [0.05, 0.1) is 18.9 Å². The van der Waals surface area contributed by atoms with Crippen molar-refractivity contribution in [3.05, 3.63) is 70.0 Å². The predicted molar refractivity (Wildman–Crippen MR) is 99.8 cm³/mol. The fourth-order valence-corrected chi connectivity index (χ4v) is 3.37. The number of hydrogen-bond donors (Lipinski definition) is 1. The van der Waals surface area contributed by atoms with Crippen LogP contribution in [0.4, 0.5) is 5.13 Å². The van der Waals surface area contributed by atoms with E-state index in [0.717, 1.165) is 27.4 Å². The molecule has 0 saturated heterocycles. The Balaban J connectivity index is 1.46. The quantitative estimate of drug-likeness (QED) is 0.564. The Morgan fingerprint density at radius 1 is 1.04 bits per heavy atom. The molecule has 0 aliphatic rings. The maximum atomic E-state index is 5.66. The van der Waals surface area contributed by atoms with Crippen LogP contribution in [-0.4, -0.2) is 18.1 Å². The standard InChI is InChI=1S/C18H17BrN2OS/c19-16-9-5-4-8-15(16)17-13-23-18(21-17)20-10-11-22-12-14-6-2-1-3-7-14/h1-9,13H,10-12H2,(H,20,21). The molecule has 0 unspecified atom stereocenters. The molecule has 3 rings (SSSR count). The number of halogens is 1. The van der Waals surface area contributed by atoms with Gasteiger partial charge in [-0.15, -0.1) is 11.3 Å². The van der Waals surface area contributed by atoms with Gasteiger partial charge in [-0.3, -0.25) is 0 Å². The number of nitrogens with one attached hydrogen (secondary N) is 1. The van der Waals surface area contributed by atoms with Crippen molar-refractivity contribution < 1.29 is 4.74 Å². The van der Waals surface area contributed by atoms with Gasteiger partial charge in [0.15, 0.2) is 5.13 Å². The van der Waals surface area contributed by atoms with Crippen LogP contribution < -0.4 is 5.32 Å². The average molecular weight is 389 g/mol. The molecule has 3 aromatic rings. The van der Waals surface area contributed by atoms with Crippen molar-refractivity contribution >= 4 is 32.4 Å².